The molecule has 0 saturated heterocycles. The van der Waals surface area contributed by atoms with E-state index >= 15 is 0 Å². The molecule has 0 fully saturated rings. The van der Waals surface area contributed by atoms with Crippen molar-refractivity contribution in [2.45, 2.75) is 18.9 Å². The molecule has 0 aliphatic carbocycles. The molecular formula is C13H18FNO2. The average Bonchev–Trinajstić information content (AvgIpc) is 2.35. The number of allylic oxidation sites excluding steroid dienone is 1. The molecule has 0 heterocycles. The monoisotopic (exact) mass is 239 g/mol. The van der Waals surface area contributed by atoms with Crippen LogP contribution in [0.5, 0.6) is 11.5 Å². The van der Waals surface area contributed by atoms with E-state index in [9.17, 15) is 4.39 Å². The van der Waals surface area contributed by atoms with Crippen LogP contribution in [0.4, 0.5) is 4.39 Å². The molecule has 1 rings (SSSR count). The van der Waals surface area contributed by atoms with Crippen molar-refractivity contribution in [3.8, 4) is 11.5 Å². The largest absolute Gasteiger partial charge is 0.493 e. The minimum Gasteiger partial charge on any atom is -0.493 e. The topological polar surface area (TPSA) is 44.5 Å². The van der Waals surface area contributed by atoms with E-state index in [1.807, 2.05) is 0 Å². The number of ether oxygens (including phenoxy) is 2. The molecule has 0 saturated carbocycles. The standard InChI is InChI=1S/C13H18FNO2/c1-4-5-6-11(15)9-7-12(16-2)13(17-3)8-10(9)14/h4,7-8,11H,1,5-6,15H2,2-3H3/t11-/m1/s1. The summed E-state index contributed by atoms with van der Waals surface area (Å²) in [7, 11) is 2.98. The van der Waals surface area contributed by atoms with Crippen molar-refractivity contribution in [1.82, 2.24) is 0 Å². The first-order valence-corrected chi connectivity index (χ1v) is 5.42. The van der Waals surface area contributed by atoms with Gasteiger partial charge in [-0.1, -0.05) is 6.08 Å². The second-order valence-corrected chi connectivity index (χ2v) is 3.70. The molecule has 1 aromatic carbocycles. The Kier molecular flexibility index (Phi) is 4.97. The van der Waals surface area contributed by atoms with Crippen molar-refractivity contribution in [2.75, 3.05) is 14.2 Å². The third kappa shape index (κ3) is 3.20. The molecule has 0 aliphatic heterocycles. The lowest BCUT2D eigenvalue weighted by molar-refractivity contribution is 0.350. The van der Waals surface area contributed by atoms with Crippen molar-refractivity contribution in [3.05, 3.63) is 36.2 Å². The van der Waals surface area contributed by atoms with Gasteiger partial charge in [-0.15, -0.1) is 6.58 Å². The molecular weight excluding hydrogens is 221 g/mol. The van der Waals surface area contributed by atoms with Crippen LogP contribution in [0.25, 0.3) is 0 Å². The van der Waals surface area contributed by atoms with Gasteiger partial charge in [0.15, 0.2) is 11.5 Å². The highest BCUT2D eigenvalue weighted by atomic mass is 19.1. The quantitative estimate of drug-likeness (QED) is 0.776. The minimum atomic E-state index is -0.376. The van der Waals surface area contributed by atoms with Crippen molar-refractivity contribution in [2.24, 2.45) is 5.73 Å². The Balaban J connectivity index is 3.03. The predicted octanol–water partition coefficient (Wildman–Crippen LogP) is 2.81. The van der Waals surface area contributed by atoms with Gasteiger partial charge >= 0.3 is 0 Å². The number of hydrogen-bond acceptors (Lipinski definition) is 3. The van der Waals surface area contributed by atoms with Crippen molar-refractivity contribution >= 4 is 0 Å². The van der Waals surface area contributed by atoms with Crippen LogP contribution in [0.15, 0.2) is 24.8 Å². The van der Waals surface area contributed by atoms with E-state index in [0.717, 1.165) is 6.42 Å². The van der Waals surface area contributed by atoms with E-state index in [-0.39, 0.29) is 11.9 Å². The van der Waals surface area contributed by atoms with E-state index in [0.29, 0.717) is 23.5 Å². The molecule has 17 heavy (non-hydrogen) atoms. The van der Waals surface area contributed by atoms with Gasteiger partial charge in [0.2, 0.25) is 0 Å². The van der Waals surface area contributed by atoms with Gasteiger partial charge in [0.25, 0.3) is 0 Å². The third-order valence-corrected chi connectivity index (χ3v) is 2.58. The summed E-state index contributed by atoms with van der Waals surface area (Å²) in [5.41, 5.74) is 6.35. The minimum absolute atomic E-state index is 0.365. The fraction of sp³-hybridized carbons (Fsp3) is 0.385. The Labute approximate surface area is 101 Å². The van der Waals surface area contributed by atoms with Crippen LogP contribution in [0.1, 0.15) is 24.4 Å². The molecule has 0 radical (unpaired) electrons. The predicted molar refractivity (Wildman–Crippen MR) is 65.9 cm³/mol. The molecule has 2 N–H and O–H groups in total. The fourth-order valence-electron chi connectivity index (χ4n) is 1.61. The van der Waals surface area contributed by atoms with E-state index in [1.54, 1.807) is 12.1 Å². The lowest BCUT2D eigenvalue weighted by atomic mass is 10.0. The molecule has 3 nitrogen and oxygen atoms in total. The van der Waals surface area contributed by atoms with Gasteiger partial charge in [0.05, 0.1) is 14.2 Å². The molecule has 4 heteroatoms. The summed E-state index contributed by atoms with van der Waals surface area (Å²) in [4.78, 5) is 0. The Morgan fingerprint density at radius 1 is 1.35 bits per heavy atom. The van der Waals surface area contributed by atoms with E-state index in [2.05, 4.69) is 6.58 Å². The number of hydrogen-bond donors (Lipinski definition) is 1. The molecule has 0 aliphatic rings. The zero-order valence-electron chi connectivity index (χ0n) is 10.2. The number of benzene rings is 1. The second kappa shape index (κ2) is 6.25. The van der Waals surface area contributed by atoms with Crippen LogP contribution in [0.3, 0.4) is 0 Å². The van der Waals surface area contributed by atoms with Gasteiger partial charge in [-0.25, -0.2) is 4.39 Å². The maximum Gasteiger partial charge on any atom is 0.163 e. The Morgan fingerprint density at radius 3 is 2.47 bits per heavy atom. The van der Waals surface area contributed by atoms with Gasteiger partial charge in [-0.05, 0) is 18.9 Å². The molecule has 0 spiro atoms. The Hall–Kier alpha value is -1.55. The van der Waals surface area contributed by atoms with E-state index < -0.39 is 0 Å². The highest BCUT2D eigenvalue weighted by Crippen LogP contribution is 2.32. The van der Waals surface area contributed by atoms with Gasteiger partial charge in [0, 0.05) is 17.7 Å². The van der Waals surface area contributed by atoms with E-state index in [1.165, 1.54) is 20.3 Å². The summed E-state index contributed by atoms with van der Waals surface area (Å²) in [6.45, 7) is 3.62. The van der Waals surface area contributed by atoms with Crippen LogP contribution < -0.4 is 15.2 Å². The summed E-state index contributed by atoms with van der Waals surface area (Å²) >= 11 is 0. The SMILES string of the molecule is C=CCC[C@@H](N)c1cc(OC)c(OC)cc1F. The highest BCUT2D eigenvalue weighted by molar-refractivity contribution is 5.44. The van der Waals surface area contributed by atoms with Crippen molar-refractivity contribution in [1.29, 1.82) is 0 Å². The summed E-state index contributed by atoms with van der Waals surface area (Å²) in [6.07, 6.45) is 3.16. The molecule has 94 valence electrons. The van der Waals surface area contributed by atoms with Crippen LogP contribution >= 0.6 is 0 Å². The second-order valence-electron chi connectivity index (χ2n) is 3.70. The van der Waals surface area contributed by atoms with Gasteiger partial charge in [-0.2, -0.15) is 0 Å². The molecule has 1 atom stereocenters. The molecule has 0 amide bonds. The molecule has 0 unspecified atom stereocenters. The first-order valence-electron chi connectivity index (χ1n) is 5.42. The third-order valence-electron chi connectivity index (χ3n) is 2.58. The van der Waals surface area contributed by atoms with Gasteiger partial charge in [0.1, 0.15) is 5.82 Å². The molecule has 1 aromatic rings. The summed E-state index contributed by atoms with van der Waals surface area (Å²) in [6, 6.07) is 2.51. The maximum atomic E-state index is 13.8. The zero-order valence-corrected chi connectivity index (χ0v) is 10.2. The number of halogens is 1. The van der Waals surface area contributed by atoms with Crippen LogP contribution in [0, 0.1) is 5.82 Å². The van der Waals surface area contributed by atoms with Crippen LogP contribution in [0.2, 0.25) is 0 Å². The van der Waals surface area contributed by atoms with Crippen molar-refractivity contribution in [3.63, 3.8) is 0 Å². The normalized spacial score (nSPS) is 12.0. The number of methoxy groups -OCH3 is 2. The number of rotatable bonds is 6. The molecule has 0 bridgehead atoms. The van der Waals surface area contributed by atoms with Crippen molar-refractivity contribution < 1.29 is 13.9 Å². The van der Waals surface area contributed by atoms with Crippen LogP contribution in [-0.2, 0) is 0 Å². The highest BCUT2D eigenvalue weighted by Gasteiger charge is 2.15. The summed E-state index contributed by atoms with van der Waals surface area (Å²) in [5.74, 6) is 0.474. The lowest BCUT2D eigenvalue weighted by Gasteiger charge is -2.15. The van der Waals surface area contributed by atoms with Gasteiger partial charge in [-0.3, -0.25) is 0 Å². The first-order chi connectivity index (χ1) is 8.13. The fourth-order valence-corrected chi connectivity index (χ4v) is 1.61. The lowest BCUT2D eigenvalue weighted by Crippen LogP contribution is -2.12. The average molecular weight is 239 g/mol. The molecule has 0 aromatic heterocycles. The van der Waals surface area contributed by atoms with Crippen LogP contribution in [-0.4, -0.2) is 14.2 Å². The Morgan fingerprint density at radius 2 is 1.94 bits per heavy atom. The summed E-state index contributed by atoms with van der Waals surface area (Å²) < 4.78 is 23.9. The maximum absolute atomic E-state index is 13.8. The smallest absolute Gasteiger partial charge is 0.163 e. The van der Waals surface area contributed by atoms with E-state index in [4.69, 9.17) is 15.2 Å². The number of nitrogens with two attached hydrogens (primary N) is 1. The van der Waals surface area contributed by atoms with Gasteiger partial charge < -0.3 is 15.2 Å². The zero-order chi connectivity index (χ0) is 12.8. The Bertz CT molecular complexity index is 393. The summed E-state index contributed by atoms with van der Waals surface area (Å²) in [5, 5.41) is 0. The first kappa shape index (κ1) is 13.5.